The maximum Gasteiger partial charge on any atom is 0.181 e. The van der Waals surface area contributed by atoms with Gasteiger partial charge in [0, 0.05) is 5.56 Å². The van der Waals surface area contributed by atoms with Crippen LogP contribution in [0.3, 0.4) is 0 Å². The summed E-state index contributed by atoms with van der Waals surface area (Å²) in [4.78, 5) is 4.52. The molecule has 136 valence electrons. The lowest BCUT2D eigenvalue weighted by Gasteiger charge is -2.13. The van der Waals surface area contributed by atoms with Gasteiger partial charge < -0.3 is 19.9 Å². The van der Waals surface area contributed by atoms with Crippen molar-refractivity contribution in [3.63, 3.8) is 0 Å². The highest BCUT2D eigenvalue weighted by molar-refractivity contribution is 5.56. The average molecular weight is 354 g/mol. The summed E-state index contributed by atoms with van der Waals surface area (Å²) in [5, 5.41) is 7.18. The van der Waals surface area contributed by atoms with Gasteiger partial charge in [0.2, 0.25) is 0 Å². The summed E-state index contributed by atoms with van der Waals surface area (Å²) < 4.78 is 16.1. The second-order valence-electron chi connectivity index (χ2n) is 5.59. The predicted octanol–water partition coefficient (Wildman–Crippen LogP) is 2.94. The van der Waals surface area contributed by atoms with Gasteiger partial charge in [-0.3, -0.25) is 5.10 Å². The van der Waals surface area contributed by atoms with E-state index in [-0.39, 0.29) is 0 Å². The number of nitrogens with zero attached hydrogens (tertiary/aromatic N) is 2. The molecule has 1 unspecified atom stereocenters. The van der Waals surface area contributed by atoms with Gasteiger partial charge in [-0.25, -0.2) is 4.98 Å². The zero-order valence-electron chi connectivity index (χ0n) is 15.0. The van der Waals surface area contributed by atoms with Crippen LogP contribution < -0.4 is 19.9 Å². The fraction of sp³-hybridized carbons (Fsp3) is 0.263. The molecule has 3 N–H and O–H groups in total. The van der Waals surface area contributed by atoms with E-state index in [4.69, 9.17) is 19.9 Å². The van der Waals surface area contributed by atoms with E-state index in [1.807, 2.05) is 49.4 Å². The summed E-state index contributed by atoms with van der Waals surface area (Å²) in [7, 11) is 3.23. The van der Waals surface area contributed by atoms with Crippen LogP contribution >= 0.6 is 0 Å². The van der Waals surface area contributed by atoms with E-state index in [2.05, 4.69) is 15.2 Å². The molecule has 0 saturated heterocycles. The Morgan fingerprint density at radius 1 is 1.04 bits per heavy atom. The molecule has 1 atom stereocenters. The number of methoxy groups -OCH3 is 2. The largest absolute Gasteiger partial charge is 0.497 e. The van der Waals surface area contributed by atoms with Crippen LogP contribution in [0.5, 0.6) is 17.2 Å². The number of benzene rings is 2. The number of ether oxygens (including phenoxy) is 3. The van der Waals surface area contributed by atoms with Crippen molar-refractivity contribution in [2.24, 2.45) is 5.73 Å². The van der Waals surface area contributed by atoms with Gasteiger partial charge in [-0.15, -0.1) is 0 Å². The van der Waals surface area contributed by atoms with E-state index in [1.165, 1.54) is 0 Å². The van der Waals surface area contributed by atoms with Crippen molar-refractivity contribution in [1.82, 2.24) is 15.2 Å². The van der Waals surface area contributed by atoms with Gasteiger partial charge >= 0.3 is 0 Å². The summed E-state index contributed by atoms with van der Waals surface area (Å²) in [5.74, 6) is 3.25. The maximum atomic E-state index is 6.35. The summed E-state index contributed by atoms with van der Waals surface area (Å²) in [6, 6.07) is 12.7. The Hall–Kier alpha value is -3.06. The first kappa shape index (κ1) is 17.8. The minimum atomic E-state index is -0.459. The molecule has 0 radical (unpaired) electrons. The Morgan fingerprint density at radius 3 is 2.46 bits per heavy atom. The van der Waals surface area contributed by atoms with Gasteiger partial charge in [0.25, 0.3) is 0 Å². The topological polar surface area (TPSA) is 95.3 Å². The summed E-state index contributed by atoms with van der Waals surface area (Å²) in [5.41, 5.74) is 8.08. The number of H-pyrrole nitrogens is 1. The lowest BCUT2D eigenvalue weighted by Crippen LogP contribution is -2.14. The number of rotatable bonds is 7. The molecule has 1 heterocycles. The molecule has 7 heteroatoms. The first-order valence-electron chi connectivity index (χ1n) is 8.29. The van der Waals surface area contributed by atoms with Gasteiger partial charge in [-0.05, 0) is 48.9 Å². The molecule has 0 bridgehead atoms. The van der Waals surface area contributed by atoms with E-state index >= 15 is 0 Å². The minimum Gasteiger partial charge on any atom is -0.497 e. The third kappa shape index (κ3) is 3.62. The lowest BCUT2D eigenvalue weighted by atomic mass is 10.1. The average Bonchev–Trinajstić information content (AvgIpc) is 3.18. The Morgan fingerprint density at radius 2 is 1.81 bits per heavy atom. The smallest absolute Gasteiger partial charge is 0.181 e. The second-order valence-corrected chi connectivity index (χ2v) is 5.59. The monoisotopic (exact) mass is 354 g/mol. The van der Waals surface area contributed by atoms with Crippen LogP contribution in [-0.4, -0.2) is 36.0 Å². The normalized spacial score (nSPS) is 11.8. The van der Waals surface area contributed by atoms with E-state index < -0.39 is 6.04 Å². The highest BCUT2D eigenvalue weighted by Crippen LogP contribution is 2.31. The van der Waals surface area contributed by atoms with Crippen LogP contribution in [0.4, 0.5) is 0 Å². The highest BCUT2D eigenvalue weighted by atomic mass is 16.5. The van der Waals surface area contributed by atoms with Gasteiger partial charge in [-0.1, -0.05) is 6.07 Å². The Bertz CT molecular complexity index is 861. The molecule has 0 saturated carbocycles. The summed E-state index contributed by atoms with van der Waals surface area (Å²) in [6.45, 7) is 2.49. The molecule has 7 nitrogen and oxygen atoms in total. The number of hydrogen-bond donors (Lipinski definition) is 2. The fourth-order valence-corrected chi connectivity index (χ4v) is 2.59. The Kier molecular flexibility index (Phi) is 5.38. The molecule has 0 amide bonds. The first-order chi connectivity index (χ1) is 12.7. The predicted molar refractivity (Wildman–Crippen MR) is 98.6 cm³/mol. The van der Waals surface area contributed by atoms with Crippen molar-refractivity contribution in [3.05, 3.63) is 53.9 Å². The van der Waals surface area contributed by atoms with Crippen LogP contribution in [0.25, 0.3) is 11.4 Å². The number of nitrogens with two attached hydrogens (primary N) is 1. The van der Waals surface area contributed by atoms with E-state index in [0.29, 0.717) is 29.8 Å². The van der Waals surface area contributed by atoms with Gasteiger partial charge in [0.1, 0.15) is 11.6 Å². The third-order valence-electron chi connectivity index (χ3n) is 3.99. The van der Waals surface area contributed by atoms with Crippen molar-refractivity contribution in [2.45, 2.75) is 13.0 Å². The SMILES string of the molecule is CCOc1ccc(C(N)c2nc(-c3ccc(OC)cc3)n[nH]2)cc1OC. The van der Waals surface area contributed by atoms with Gasteiger partial charge in [0.15, 0.2) is 17.3 Å². The van der Waals surface area contributed by atoms with Crippen molar-refractivity contribution < 1.29 is 14.2 Å². The molecule has 2 aromatic carbocycles. The van der Waals surface area contributed by atoms with Crippen LogP contribution in [0.1, 0.15) is 24.4 Å². The summed E-state index contributed by atoms with van der Waals surface area (Å²) >= 11 is 0. The van der Waals surface area contributed by atoms with E-state index in [0.717, 1.165) is 16.9 Å². The minimum absolute atomic E-state index is 0.459. The zero-order chi connectivity index (χ0) is 18.5. The van der Waals surface area contributed by atoms with Crippen molar-refractivity contribution >= 4 is 0 Å². The van der Waals surface area contributed by atoms with Crippen LogP contribution in [0.2, 0.25) is 0 Å². The molecule has 0 fully saturated rings. The molecule has 26 heavy (non-hydrogen) atoms. The highest BCUT2D eigenvalue weighted by Gasteiger charge is 2.17. The number of nitrogens with one attached hydrogen (secondary N) is 1. The molecular formula is C19H22N4O3. The van der Waals surface area contributed by atoms with Crippen molar-refractivity contribution in [3.8, 4) is 28.6 Å². The molecule has 3 rings (SSSR count). The van der Waals surface area contributed by atoms with Crippen molar-refractivity contribution in [1.29, 1.82) is 0 Å². The fourth-order valence-electron chi connectivity index (χ4n) is 2.59. The van der Waals surface area contributed by atoms with Gasteiger partial charge in [0.05, 0.1) is 26.9 Å². The molecular weight excluding hydrogens is 332 g/mol. The summed E-state index contributed by atoms with van der Waals surface area (Å²) in [6.07, 6.45) is 0. The van der Waals surface area contributed by atoms with E-state index in [9.17, 15) is 0 Å². The van der Waals surface area contributed by atoms with Crippen molar-refractivity contribution in [2.75, 3.05) is 20.8 Å². The number of aromatic amines is 1. The Balaban J connectivity index is 1.84. The maximum absolute atomic E-state index is 6.35. The number of hydrogen-bond acceptors (Lipinski definition) is 6. The Labute approximate surface area is 152 Å². The molecule has 0 aliphatic rings. The standard InChI is InChI=1S/C19H22N4O3/c1-4-26-15-10-7-13(11-16(15)25-3)17(20)19-21-18(22-23-19)12-5-8-14(24-2)9-6-12/h5-11,17H,4,20H2,1-3H3,(H,21,22,23). The first-order valence-corrected chi connectivity index (χ1v) is 8.29. The lowest BCUT2D eigenvalue weighted by molar-refractivity contribution is 0.310. The van der Waals surface area contributed by atoms with E-state index in [1.54, 1.807) is 14.2 Å². The quantitative estimate of drug-likeness (QED) is 0.677. The number of aromatic nitrogens is 3. The molecule has 3 aromatic rings. The molecule has 1 aromatic heterocycles. The van der Waals surface area contributed by atoms with Crippen LogP contribution in [-0.2, 0) is 0 Å². The van der Waals surface area contributed by atoms with Crippen LogP contribution in [0, 0.1) is 0 Å². The van der Waals surface area contributed by atoms with Gasteiger partial charge in [-0.2, -0.15) is 5.10 Å². The molecule has 0 aliphatic heterocycles. The van der Waals surface area contributed by atoms with Crippen LogP contribution in [0.15, 0.2) is 42.5 Å². The zero-order valence-corrected chi connectivity index (χ0v) is 15.0. The molecule has 0 aliphatic carbocycles. The third-order valence-corrected chi connectivity index (χ3v) is 3.99. The second kappa shape index (κ2) is 7.88. The molecule has 0 spiro atoms.